The molecule has 4 nitrogen and oxygen atoms in total. The smallest absolute Gasteiger partial charge is 0.157 e. The highest BCUT2D eigenvalue weighted by molar-refractivity contribution is 6.32. The minimum atomic E-state index is 0.0874. The van der Waals surface area contributed by atoms with E-state index in [0.717, 1.165) is 12.8 Å². The Morgan fingerprint density at radius 1 is 1.31 bits per heavy atom. The number of nitrogen functional groups attached to an aromatic ring is 1. The zero-order valence-corrected chi connectivity index (χ0v) is 10.2. The van der Waals surface area contributed by atoms with E-state index in [1.54, 1.807) is 0 Å². The van der Waals surface area contributed by atoms with Crippen molar-refractivity contribution in [3.63, 3.8) is 0 Å². The summed E-state index contributed by atoms with van der Waals surface area (Å²) in [4.78, 5) is 7.99. The molecule has 5 heteroatoms. The van der Waals surface area contributed by atoms with Crippen molar-refractivity contribution in [1.82, 2.24) is 9.97 Å². The molecule has 16 heavy (non-hydrogen) atoms. The predicted molar refractivity (Wildman–Crippen MR) is 66.6 cm³/mol. The van der Waals surface area contributed by atoms with Crippen LogP contribution in [0.15, 0.2) is 6.33 Å². The van der Waals surface area contributed by atoms with Crippen molar-refractivity contribution in [3.05, 3.63) is 11.5 Å². The molecule has 0 saturated heterocycles. The molecule has 1 heterocycles. The van der Waals surface area contributed by atoms with E-state index in [1.165, 1.54) is 25.6 Å². The highest BCUT2D eigenvalue weighted by Crippen LogP contribution is 2.33. The lowest BCUT2D eigenvalue weighted by atomic mass is 9.83. The van der Waals surface area contributed by atoms with Gasteiger partial charge in [0, 0.05) is 5.54 Å². The predicted octanol–water partition coefficient (Wildman–Crippen LogP) is 2.85. The van der Waals surface area contributed by atoms with Crippen molar-refractivity contribution < 1.29 is 0 Å². The molecular weight excluding hydrogens is 224 g/mol. The topological polar surface area (TPSA) is 63.8 Å². The molecule has 1 aromatic heterocycles. The number of halogens is 1. The molecule has 0 aliphatic heterocycles. The first kappa shape index (κ1) is 11.5. The van der Waals surface area contributed by atoms with Gasteiger partial charge in [0.05, 0.1) is 0 Å². The maximum absolute atomic E-state index is 5.86. The summed E-state index contributed by atoms with van der Waals surface area (Å²) in [5.74, 6) is 0.657. The van der Waals surface area contributed by atoms with Crippen molar-refractivity contribution >= 4 is 23.1 Å². The Bertz CT molecular complexity index is 374. The molecule has 0 spiro atoms. The summed E-state index contributed by atoms with van der Waals surface area (Å²) in [6, 6.07) is 0. The summed E-state index contributed by atoms with van der Waals surface area (Å²) < 4.78 is 0. The third kappa shape index (κ3) is 2.38. The molecule has 1 saturated carbocycles. The third-order valence-corrected chi connectivity index (χ3v) is 3.51. The van der Waals surface area contributed by atoms with Gasteiger partial charge in [-0.1, -0.05) is 30.9 Å². The van der Waals surface area contributed by atoms with Gasteiger partial charge in [0.15, 0.2) is 11.0 Å². The van der Waals surface area contributed by atoms with E-state index >= 15 is 0 Å². The number of aromatic nitrogens is 2. The van der Waals surface area contributed by atoms with Crippen LogP contribution in [-0.2, 0) is 0 Å². The second-order valence-electron chi connectivity index (χ2n) is 4.67. The Morgan fingerprint density at radius 2 is 2.00 bits per heavy atom. The molecule has 0 bridgehead atoms. The number of nitrogens with two attached hydrogens (primary N) is 1. The van der Waals surface area contributed by atoms with Gasteiger partial charge in [-0.05, 0) is 19.8 Å². The average Bonchev–Trinajstić information content (AvgIpc) is 2.26. The first-order valence-corrected chi connectivity index (χ1v) is 6.03. The molecule has 0 aromatic carbocycles. The van der Waals surface area contributed by atoms with Crippen molar-refractivity contribution in [2.75, 3.05) is 11.1 Å². The molecule has 1 aromatic rings. The molecular formula is C11H17ClN4. The Balaban J connectivity index is 2.16. The van der Waals surface area contributed by atoms with Crippen molar-refractivity contribution in [2.24, 2.45) is 0 Å². The number of anilines is 2. The first-order valence-electron chi connectivity index (χ1n) is 5.65. The number of rotatable bonds is 2. The first-order chi connectivity index (χ1) is 7.61. The maximum atomic E-state index is 5.86. The highest BCUT2D eigenvalue weighted by Gasteiger charge is 2.27. The van der Waals surface area contributed by atoms with E-state index in [9.17, 15) is 0 Å². The van der Waals surface area contributed by atoms with Crippen molar-refractivity contribution in [1.29, 1.82) is 0 Å². The van der Waals surface area contributed by atoms with Crippen LogP contribution < -0.4 is 11.1 Å². The van der Waals surface area contributed by atoms with E-state index in [4.69, 9.17) is 17.3 Å². The average molecular weight is 241 g/mol. The van der Waals surface area contributed by atoms with Gasteiger partial charge in [-0.2, -0.15) is 0 Å². The molecule has 1 aliphatic rings. The van der Waals surface area contributed by atoms with Gasteiger partial charge in [0.25, 0.3) is 0 Å². The van der Waals surface area contributed by atoms with E-state index in [-0.39, 0.29) is 5.54 Å². The Morgan fingerprint density at radius 3 is 2.69 bits per heavy atom. The van der Waals surface area contributed by atoms with E-state index in [2.05, 4.69) is 22.2 Å². The zero-order chi connectivity index (χ0) is 11.6. The largest absolute Gasteiger partial charge is 0.393 e. The van der Waals surface area contributed by atoms with Crippen LogP contribution in [0.2, 0.25) is 5.15 Å². The third-order valence-electron chi connectivity index (χ3n) is 3.21. The van der Waals surface area contributed by atoms with E-state index in [1.807, 2.05) is 0 Å². The minimum Gasteiger partial charge on any atom is -0.393 e. The lowest BCUT2D eigenvalue weighted by molar-refractivity contribution is 0.348. The molecule has 2 rings (SSSR count). The second-order valence-corrected chi connectivity index (χ2v) is 5.03. The quantitative estimate of drug-likeness (QED) is 0.781. The lowest BCUT2D eigenvalue weighted by Crippen LogP contribution is -2.37. The summed E-state index contributed by atoms with van der Waals surface area (Å²) in [5, 5.41) is 3.72. The van der Waals surface area contributed by atoms with Gasteiger partial charge in [-0.3, -0.25) is 0 Å². The Kier molecular flexibility index (Phi) is 3.19. The monoisotopic (exact) mass is 240 g/mol. The zero-order valence-electron chi connectivity index (χ0n) is 9.46. The molecule has 88 valence electrons. The second kappa shape index (κ2) is 4.45. The number of hydrogen-bond donors (Lipinski definition) is 2. The van der Waals surface area contributed by atoms with Crippen molar-refractivity contribution in [3.8, 4) is 0 Å². The van der Waals surface area contributed by atoms with Gasteiger partial charge in [0.2, 0.25) is 0 Å². The summed E-state index contributed by atoms with van der Waals surface area (Å²) in [7, 11) is 0. The summed E-state index contributed by atoms with van der Waals surface area (Å²) >= 11 is 5.86. The lowest BCUT2D eigenvalue weighted by Gasteiger charge is -2.35. The molecule has 3 N–H and O–H groups in total. The number of nitrogens with one attached hydrogen (secondary N) is 1. The van der Waals surface area contributed by atoms with Crippen LogP contribution in [0.25, 0.3) is 0 Å². The number of nitrogens with zero attached hydrogens (tertiary/aromatic N) is 2. The fourth-order valence-electron chi connectivity index (χ4n) is 2.22. The van der Waals surface area contributed by atoms with Crippen LogP contribution in [0.3, 0.4) is 0 Å². The van der Waals surface area contributed by atoms with Crippen molar-refractivity contribution in [2.45, 2.75) is 44.6 Å². The van der Waals surface area contributed by atoms with Gasteiger partial charge < -0.3 is 11.1 Å². The summed E-state index contributed by atoms with van der Waals surface area (Å²) in [6.07, 6.45) is 7.55. The van der Waals surface area contributed by atoms with Crippen LogP contribution in [-0.4, -0.2) is 15.5 Å². The van der Waals surface area contributed by atoms with E-state index < -0.39 is 0 Å². The number of hydrogen-bond acceptors (Lipinski definition) is 4. The summed E-state index contributed by atoms with van der Waals surface area (Å²) in [5.41, 5.74) is 6.37. The molecule has 1 fully saturated rings. The van der Waals surface area contributed by atoms with Crippen LogP contribution in [0, 0.1) is 0 Å². The SMILES string of the molecule is CC1(Nc2ncnc(Cl)c2N)CCCCC1. The maximum Gasteiger partial charge on any atom is 0.157 e. The Labute approximate surface area is 101 Å². The summed E-state index contributed by atoms with van der Waals surface area (Å²) in [6.45, 7) is 2.21. The molecule has 0 unspecified atom stereocenters. The fourth-order valence-corrected chi connectivity index (χ4v) is 2.35. The standard InChI is InChI=1S/C11H17ClN4/c1-11(5-3-2-4-6-11)16-10-8(13)9(12)14-7-15-10/h7H,2-6,13H2,1H3,(H,14,15,16). The van der Waals surface area contributed by atoms with Crippen LogP contribution in [0.5, 0.6) is 0 Å². The fraction of sp³-hybridized carbons (Fsp3) is 0.636. The minimum absolute atomic E-state index is 0.0874. The molecule has 1 aliphatic carbocycles. The van der Waals surface area contributed by atoms with Crippen LogP contribution in [0.4, 0.5) is 11.5 Å². The van der Waals surface area contributed by atoms with Crippen LogP contribution in [0.1, 0.15) is 39.0 Å². The van der Waals surface area contributed by atoms with Gasteiger partial charge in [-0.15, -0.1) is 0 Å². The van der Waals surface area contributed by atoms with Gasteiger partial charge >= 0.3 is 0 Å². The van der Waals surface area contributed by atoms with E-state index in [0.29, 0.717) is 16.7 Å². The Hall–Kier alpha value is -1.03. The molecule has 0 radical (unpaired) electrons. The molecule has 0 amide bonds. The normalized spacial score (nSPS) is 19.4. The van der Waals surface area contributed by atoms with Gasteiger partial charge in [-0.25, -0.2) is 9.97 Å². The molecule has 0 atom stereocenters. The van der Waals surface area contributed by atoms with Gasteiger partial charge in [0.1, 0.15) is 12.0 Å². The van der Waals surface area contributed by atoms with Crippen LogP contribution >= 0.6 is 11.6 Å². The highest BCUT2D eigenvalue weighted by atomic mass is 35.5.